The summed E-state index contributed by atoms with van der Waals surface area (Å²) in [6.07, 6.45) is 2.08. The number of ether oxygens (including phenoxy) is 2. The van der Waals surface area contributed by atoms with Gasteiger partial charge in [0.25, 0.3) is 0 Å². The lowest BCUT2D eigenvalue weighted by Gasteiger charge is -2.12. The van der Waals surface area contributed by atoms with Gasteiger partial charge in [-0.25, -0.2) is 4.79 Å². The van der Waals surface area contributed by atoms with E-state index < -0.39 is 10.9 Å². The molecule has 0 spiro atoms. The SMILES string of the molecule is COc1cc(/C=C/[N+](=O)[O-])cc(Br)c1OC(=O)c1ccc(Cl)c(Cl)c1. The van der Waals surface area contributed by atoms with Gasteiger partial charge in [0.05, 0.1) is 32.1 Å². The van der Waals surface area contributed by atoms with Gasteiger partial charge < -0.3 is 9.47 Å². The molecular weight excluding hydrogens is 437 g/mol. The Morgan fingerprint density at radius 3 is 2.56 bits per heavy atom. The van der Waals surface area contributed by atoms with E-state index in [1.165, 1.54) is 37.5 Å². The highest BCUT2D eigenvalue weighted by atomic mass is 79.9. The minimum Gasteiger partial charge on any atom is -0.493 e. The zero-order valence-electron chi connectivity index (χ0n) is 12.7. The molecule has 0 saturated carbocycles. The number of esters is 1. The number of nitro groups is 1. The van der Waals surface area contributed by atoms with Crippen molar-refractivity contribution in [1.82, 2.24) is 0 Å². The van der Waals surface area contributed by atoms with Gasteiger partial charge in [-0.3, -0.25) is 10.1 Å². The third-order valence-electron chi connectivity index (χ3n) is 2.99. The van der Waals surface area contributed by atoms with E-state index in [9.17, 15) is 14.9 Å². The Morgan fingerprint density at radius 1 is 1.24 bits per heavy atom. The molecule has 0 aliphatic carbocycles. The van der Waals surface area contributed by atoms with Crippen LogP contribution in [0.3, 0.4) is 0 Å². The summed E-state index contributed by atoms with van der Waals surface area (Å²) in [7, 11) is 1.39. The average molecular weight is 447 g/mol. The molecule has 0 atom stereocenters. The molecule has 130 valence electrons. The Bertz CT molecular complexity index is 870. The number of carbonyl (C=O) groups is 1. The Hall–Kier alpha value is -2.09. The van der Waals surface area contributed by atoms with Crippen LogP contribution in [0.25, 0.3) is 6.08 Å². The fraction of sp³-hybridized carbons (Fsp3) is 0.0625. The van der Waals surface area contributed by atoms with Gasteiger partial charge in [-0.2, -0.15) is 0 Å². The standard InChI is InChI=1S/C16H10BrCl2NO5/c1-24-14-7-9(4-5-20(22)23)6-11(17)15(14)25-16(21)10-2-3-12(18)13(19)8-10/h2-8H,1H3/b5-4+. The lowest BCUT2D eigenvalue weighted by atomic mass is 10.2. The summed E-state index contributed by atoms with van der Waals surface area (Å²) in [6.45, 7) is 0. The summed E-state index contributed by atoms with van der Waals surface area (Å²) in [5.74, 6) is -0.297. The second kappa shape index (κ2) is 8.33. The molecule has 0 unspecified atom stereocenters. The number of hydrogen-bond donors (Lipinski definition) is 0. The Labute approximate surface area is 161 Å². The van der Waals surface area contributed by atoms with E-state index in [1.807, 2.05) is 0 Å². The highest BCUT2D eigenvalue weighted by Crippen LogP contribution is 2.37. The molecule has 2 aromatic rings. The van der Waals surface area contributed by atoms with E-state index >= 15 is 0 Å². The van der Waals surface area contributed by atoms with Gasteiger partial charge in [-0.1, -0.05) is 23.2 Å². The topological polar surface area (TPSA) is 78.7 Å². The zero-order valence-corrected chi connectivity index (χ0v) is 15.8. The first kappa shape index (κ1) is 19.2. The molecule has 0 aromatic heterocycles. The van der Waals surface area contributed by atoms with Crippen molar-refractivity contribution < 1.29 is 19.2 Å². The predicted octanol–water partition coefficient (Wildman–Crippen LogP) is 5.23. The van der Waals surface area contributed by atoms with Crippen molar-refractivity contribution in [3.8, 4) is 11.5 Å². The normalized spacial score (nSPS) is 10.7. The predicted molar refractivity (Wildman–Crippen MR) is 98.1 cm³/mol. The van der Waals surface area contributed by atoms with Crippen LogP contribution in [-0.4, -0.2) is 18.0 Å². The number of nitrogens with zero attached hydrogens (tertiary/aromatic N) is 1. The lowest BCUT2D eigenvalue weighted by Crippen LogP contribution is -2.10. The van der Waals surface area contributed by atoms with Gasteiger partial charge in [0, 0.05) is 6.08 Å². The Kier molecular flexibility index (Phi) is 6.41. The average Bonchev–Trinajstić information content (AvgIpc) is 2.57. The molecule has 9 heteroatoms. The molecule has 25 heavy (non-hydrogen) atoms. The number of halogens is 3. The highest BCUT2D eigenvalue weighted by Gasteiger charge is 2.17. The molecule has 0 amide bonds. The van der Waals surface area contributed by atoms with Crippen molar-refractivity contribution in [2.24, 2.45) is 0 Å². The van der Waals surface area contributed by atoms with Gasteiger partial charge in [0.2, 0.25) is 6.20 Å². The van der Waals surface area contributed by atoms with Crippen molar-refractivity contribution in [2.75, 3.05) is 7.11 Å². The molecule has 0 radical (unpaired) electrons. The summed E-state index contributed by atoms with van der Waals surface area (Å²) < 4.78 is 10.9. The molecule has 0 fully saturated rings. The number of hydrogen-bond acceptors (Lipinski definition) is 5. The zero-order chi connectivity index (χ0) is 18.6. The molecule has 0 saturated heterocycles. The first-order valence-electron chi connectivity index (χ1n) is 6.68. The van der Waals surface area contributed by atoms with Gasteiger partial charge in [-0.05, 0) is 51.8 Å². The maximum absolute atomic E-state index is 12.3. The molecule has 6 nitrogen and oxygen atoms in total. The second-order valence-electron chi connectivity index (χ2n) is 4.65. The fourth-order valence-corrected chi connectivity index (χ4v) is 2.70. The van der Waals surface area contributed by atoms with Crippen molar-refractivity contribution in [3.63, 3.8) is 0 Å². The third kappa shape index (κ3) is 4.94. The maximum Gasteiger partial charge on any atom is 0.343 e. The van der Waals surface area contributed by atoms with E-state index in [2.05, 4.69) is 15.9 Å². The van der Waals surface area contributed by atoms with Crippen LogP contribution < -0.4 is 9.47 Å². The van der Waals surface area contributed by atoms with E-state index in [-0.39, 0.29) is 22.1 Å². The van der Waals surface area contributed by atoms with E-state index in [0.29, 0.717) is 15.1 Å². The molecule has 0 heterocycles. The molecule has 2 rings (SSSR count). The lowest BCUT2D eigenvalue weighted by molar-refractivity contribution is -0.400. The largest absolute Gasteiger partial charge is 0.493 e. The molecule has 0 aliphatic rings. The number of methoxy groups -OCH3 is 1. The maximum atomic E-state index is 12.3. The van der Waals surface area contributed by atoms with Crippen LogP contribution in [0, 0.1) is 10.1 Å². The second-order valence-corrected chi connectivity index (χ2v) is 6.32. The summed E-state index contributed by atoms with van der Waals surface area (Å²) in [5.41, 5.74) is 0.704. The van der Waals surface area contributed by atoms with Gasteiger partial charge in [0.1, 0.15) is 0 Å². The van der Waals surface area contributed by atoms with Gasteiger partial charge in [0.15, 0.2) is 11.5 Å². The van der Waals surface area contributed by atoms with Gasteiger partial charge >= 0.3 is 5.97 Å². The molecule has 2 aromatic carbocycles. The van der Waals surface area contributed by atoms with E-state index in [0.717, 1.165) is 6.20 Å². The first-order chi connectivity index (χ1) is 11.8. The fourth-order valence-electron chi connectivity index (χ4n) is 1.86. The molecule has 0 bridgehead atoms. The molecule has 0 N–H and O–H groups in total. The quantitative estimate of drug-likeness (QED) is 0.272. The highest BCUT2D eigenvalue weighted by molar-refractivity contribution is 9.10. The van der Waals surface area contributed by atoms with Crippen molar-refractivity contribution in [2.45, 2.75) is 0 Å². The summed E-state index contributed by atoms with van der Waals surface area (Å²) in [4.78, 5) is 22.1. The van der Waals surface area contributed by atoms with Crippen molar-refractivity contribution in [1.29, 1.82) is 0 Å². The minimum absolute atomic E-state index is 0.136. The number of benzene rings is 2. The Morgan fingerprint density at radius 2 is 1.96 bits per heavy atom. The van der Waals surface area contributed by atoms with Crippen molar-refractivity contribution in [3.05, 3.63) is 72.3 Å². The smallest absolute Gasteiger partial charge is 0.343 e. The van der Waals surface area contributed by atoms with Crippen LogP contribution in [0.5, 0.6) is 11.5 Å². The van der Waals surface area contributed by atoms with Crippen LogP contribution in [0.1, 0.15) is 15.9 Å². The third-order valence-corrected chi connectivity index (χ3v) is 4.32. The number of carbonyl (C=O) groups excluding carboxylic acids is 1. The van der Waals surface area contributed by atoms with Crippen LogP contribution in [0.4, 0.5) is 0 Å². The summed E-state index contributed by atoms with van der Waals surface area (Å²) >= 11 is 15.0. The summed E-state index contributed by atoms with van der Waals surface area (Å²) in [6, 6.07) is 7.41. The van der Waals surface area contributed by atoms with Crippen molar-refractivity contribution >= 4 is 51.2 Å². The number of rotatable bonds is 5. The molecular formula is C16H10BrCl2NO5. The van der Waals surface area contributed by atoms with E-state index in [4.69, 9.17) is 32.7 Å². The first-order valence-corrected chi connectivity index (χ1v) is 8.23. The van der Waals surface area contributed by atoms with E-state index in [1.54, 1.807) is 6.07 Å². The minimum atomic E-state index is -0.661. The molecule has 0 aliphatic heterocycles. The van der Waals surface area contributed by atoms with Crippen LogP contribution in [-0.2, 0) is 0 Å². The van der Waals surface area contributed by atoms with Gasteiger partial charge in [-0.15, -0.1) is 0 Å². The summed E-state index contributed by atoms with van der Waals surface area (Å²) in [5, 5.41) is 11.0. The van der Waals surface area contributed by atoms with Crippen LogP contribution in [0.15, 0.2) is 41.0 Å². The Balaban J connectivity index is 2.33. The van der Waals surface area contributed by atoms with Crippen LogP contribution >= 0.6 is 39.1 Å². The van der Waals surface area contributed by atoms with Crippen LogP contribution in [0.2, 0.25) is 10.0 Å². The monoisotopic (exact) mass is 445 g/mol.